The average molecular weight is 164 g/mol. The molecule has 4 heteroatoms. The van der Waals surface area contributed by atoms with Gasteiger partial charge in [0.25, 0.3) is 0 Å². The minimum atomic E-state index is 0.761. The Morgan fingerprint density at radius 2 is 2.00 bits per heavy atom. The molecular formula is C8H12N4. The van der Waals surface area contributed by atoms with Crippen LogP contribution in [0.2, 0.25) is 0 Å². The highest BCUT2D eigenvalue weighted by molar-refractivity contribution is 5.72. The molecule has 0 aliphatic rings. The molecule has 2 rings (SSSR count). The van der Waals surface area contributed by atoms with E-state index in [1.807, 2.05) is 20.8 Å². The molecule has 0 fully saturated rings. The van der Waals surface area contributed by atoms with Crippen LogP contribution in [-0.4, -0.2) is 20.2 Å². The Labute approximate surface area is 71.1 Å². The van der Waals surface area contributed by atoms with Crippen LogP contribution in [0.15, 0.2) is 12.4 Å². The maximum absolute atomic E-state index is 4.11. The zero-order chi connectivity index (χ0) is 8.97. The molecule has 2 aromatic heterocycles. The maximum Gasteiger partial charge on any atom is 0.158 e. The molecule has 1 N–H and O–H groups in total. The molecule has 2 aromatic rings. The van der Waals surface area contributed by atoms with E-state index in [0.717, 1.165) is 16.9 Å². The number of hydrogen-bond acceptors (Lipinski definition) is 3. The van der Waals surface area contributed by atoms with Crippen molar-refractivity contribution in [3.63, 3.8) is 0 Å². The van der Waals surface area contributed by atoms with Crippen molar-refractivity contribution in [2.45, 2.75) is 20.8 Å². The minimum absolute atomic E-state index is 0.761. The van der Waals surface area contributed by atoms with E-state index in [1.165, 1.54) is 0 Å². The third kappa shape index (κ3) is 1.58. The van der Waals surface area contributed by atoms with Crippen molar-refractivity contribution in [3.05, 3.63) is 18.2 Å². The zero-order valence-corrected chi connectivity index (χ0v) is 7.50. The van der Waals surface area contributed by atoms with Gasteiger partial charge in [0.1, 0.15) is 5.82 Å². The summed E-state index contributed by atoms with van der Waals surface area (Å²) in [6.45, 7) is 5.85. The van der Waals surface area contributed by atoms with Crippen molar-refractivity contribution >= 4 is 11.0 Å². The van der Waals surface area contributed by atoms with E-state index in [1.54, 1.807) is 12.4 Å². The van der Waals surface area contributed by atoms with Gasteiger partial charge in [-0.15, -0.1) is 0 Å². The summed E-state index contributed by atoms with van der Waals surface area (Å²) in [7, 11) is 0. The highest BCUT2D eigenvalue weighted by atomic mass is 15.1. The second-order valence-corrected chi connectivity index (χ2v) is 2.09. The van der Waals surface area contributed by atoms with Crippen LogP contribution in [0.3, 0.4) is 0 Å². The lowest BCUT2D eigenvalue weighted by atomic mass is 10.4. The number of fused-ring (bicyclic) bond motifs is 1. The van der Waals surface area contributed by atoms with Crippen molar-refractivity contribution in [3.8, 4) is 0 Å². The number of aromatic nitrogens is 4. The average Bonchev–Trinajstić information content (AvgIpc) is 2.54. The molecule has 0 aliphatic carbocycles. The Morgan fingerprint density at radius 3 is 2.75 bits per heavy atom. The molecule has 0 aromatic carbocycles. The first-order chi connectivity index (χ1) is 5.86. The number of aryl methyl sites for hydroxylation is 1. The van der Waals surface area contributed by atoms with Gasteiger partial charge in [0.15, 0.2) is 5.65 Å². The van der Waals surface area contributed by atoms with Crippen molar-refractivity contribution in [2.24, 2.45) is 0 Å². The van der Waals surface area contributed by atoms with Crippen molar-refractivity contribution in [1.82, 2.24) is 20.2 Å². The van der Waals surface area contributed by atoms with E-state index in [2.05, 4.69) is 20.2 Å². The van der Waals surface area contributed by atoms with E-state index < -0.39 is 0 Å². The number of aromatic amines is 1. The number of H-pyrrole nitrogens is 1. The predicted molar refractivity (Wildman–Crippen MR) is 47.8 cm³/mol. The van der Waals surface area contributed by atoms with Crippen molar-refractivity contribution in [2.75, 3.05) is 0 Å². The van der Waals surface area contributed by atoms with E-state index in [-0.39, 0.29) is 0 Å². The monoisotopic (exact) mass is 164 g/mol. The first kappa shape index (κ1) is 8.64. The lowest BCUT2D eigenvalue weighted by molar-refractivity contribution is 1.05. The first-order valence-electron chi connectivity index (χ1n) is 3.99. The van der Waals surface area contributed by atoms with Crippen LogP contribution < -0.4 is 0 Å². The van der Waals surface area contributed by atoms with E-state index in [0.29, 0.717) is 0 Å². The summed E-state index contributed by atoms with van der Waals surface area (Å²) in [4.78, 5) is 8.11. The molecule has 0 saturated heterocycles. The fraction of sp³-hybridized carbons (Fsp3) is 0.375. The van der Waals surface area contributed by atoms with Gasteiger partial charge in [0.2, 0.25) is 0 Å². The van der Waals surface area contributed by atoms with Crippen LogP contribution in [0.4, 0.5) is 0 Å². The van der Waals surface area contributed by atoms with Crippen LogP contribution >= 0.6 is 0 Å². The molecule has 0 aliphatic heterocycles. The van der Waals surface area contributed by atoms with Crippen LogP contribution in [0.1, 0.15) is 19.7 Å². The lowest BCUT2D eigenvalue weighted by Crippen LogP contribution is -1.85. The maximum atomic E-state index is 4.11. The van der Waals surface area contributed by atoms with Gasteiger partial charge in [-0.1, -0.05) is 13.8 Å². The van der Waals surface area contributed by atoms with Crippen LogP contribution in [-0.2, 0) is 0 Å². The summed E-state index contributed by atoms with van der Waals surface area (Å²) >= 11 is 0. The SMILES string of the molecule is CC.Cc1ncc2cn[nH]c2n1. The summed E-state index contributed by atoms with van der Waals surface area (Å²) in [5.74, 6) is 0.761. The Morgan fingerprint density at radius 1 is 1.25 bits per heavy atom. The lowest BCUT2D eigenvalue weighted by Gasteiger charge is -1.87. The van der Waals surface area contributed by atoms with Gasteiger partial charge in [-0.2, -0.15) is 5.10 Å². The summed E-state index contributed by atoms with van der Waals surface area (Å²) in [5, 5.41) is 7.52. The third-order valence-corrected chi connectivity index (χ3v) is 1.31. The molecule has 0 saturated carbocycles. The second-order valence-electron chi connectivity index (χ2n) is 2.09. The first-order valence-corrected chi connectivity index (χ1v) is 3.99. The molecule has 2 heterocycles. The van der Waals surface area contributed by atoms with Gasteiger partial charge >= 0.3 is 0 Å². The van der Waals surface area contributed by atoms with E-state index >= 15 is 0 Å². The molecular weight excluding hydrogens is 152 g/mol. The number of hydrogen-bond donors (Lipinski definition) is 1. The Balaban J connectivity index is 0.000000336. The fourth-order valence-electron chi connectivity index (χ4n) is 0.826. The largest absolute Gasteiger partial charge is 0.261 e. The van der Waals surface area contributed by atoms with Crippen LogP contribution in [0.25, 0.3) is 11.0 Å². The zero-order valence-electron chi connectivity index (χ0n) is 7.50. The second kappa shape index (κ2) is 3.80. The van der Waals surface area contributed by atoms with Gasteiger partial charge in [-0.05, 0) is 6.92 Å². The van der Waals surface area contributed by atoms with Gasteiger partial charge in [-0.3, -0.25) is 5.10 Å². The van der Waals surface area contributed by atoms with Crippen molar-refractivity contribution in [1.29, 1.82) is 0 Å². The molecule has 64 valence electrons. The third-order valence-electron chi connectivity index (χ3n) is 1.31. The van der Waals surface area contributed by atoms with Gasteiger partial charge in [-0.25, -0.2) is 9.97 Å². The Bertz CT molecular complexity index is 353. The number of nitrogens with one attached hydrogen (secondary N) is 1. The summed E-state index contributed by atoms with van der Waals surface area (Å²) in [5.41, 5.74) is 0.799. The Hall–Kier alpha value is -1.45. The predicted octanol–water partition coefficient (Wildman–Crippen LogP) is 1.69. The minimum Gasteiger partial charge on any atom is -0.261 e. The van der Waals surface area contributed by atoms with Crippen LogP contribution in [0.5, 0.6) is 0 Å². The highest BCUT2D eigenvalue weighted by Crippen LogP contribution is 2.03. The molecule has 12 heavy (non-hydrogen) atoms. The quantitative estimate of drug-likeness (QED) is 0.644. The van der Waals surface area contributed by atoms with Gasteiger partial charge in [0.05, 0.1) is 11.6 Å². The normalized spacial score (nSPS) is 9.25. The molecule has 0 bridgehead atoms. The number of rotatable bonds is 0. The fourth-order valence-corrected chi connectivity index (χ4v) is 0.826. The molecule has 0 radical (unpaired) electrons. The topological polar surface area (TPSA) is 54.5 Å². The van der Waals surface area contributed by atoms with Crippen molar-refractivity contribution < 1.29 is 0 Å². The Kier molecular flexibility index (Phi) is 2.74. The van der Waals surface area contributed by atoms with E-state index in [9.17, 15) is 0 Å². The molecule has 0 spiro atoms. The highest BCUT2D eigenvalue weighted by Gasteiger charge is 1.95. The number of nitrogens with zero attached hydrogens (tertiary/aromatic N) is 3. The van der Waals surface area contributed by atoms with Gasteiger partial charge < -0.3 is 0 Å². The van der Waals surface area contributed by atoms with E-state index in [4.69, 9.17) is 0 Å². The van der Waals surface area contributed by atoms with Gasteiger partial charge in [0, 0.05) is 6.20 Å². The summed E-state index contributed by atoms with van der Waals surface area (Å²) < 4.78 is 0. The molecule has 0 atom stereocenters. The molecule has 4 nitrogen and oxygen atoms in total. The van der Waals surface area contributed by atoms with Crippen LogP contribution in [0, 0.1) is 6.92 Å². The summed E-state index contributed by atoms with van der Waals surface area (Å²) in [6.07, 6.45) is 3.45. The summed E-state index contributed by atoms with van der Waals surface area (Å²) in [6, 6.07) is 0. The molecule has 0 unspecified atom stereocenters. The standard InChI is InChI=1S/C6H6N4.C2H6/c1-4-7-2-5-3-8-10-6(5)9-4;1-2/h2-3H,1H3,(H,7,8,9,10);1-2H3. The smallest absolute Gasteiger partial charge is 0.158 e. The molecule has 0 amide bonds.